The number of halogens is 1. The molecular weight excluding hydrogens is 275 g/mol. The zero-order valence-electron chi connectivity index (χ0n) is 11.1. The van der Waals surface area contributed by atoms with Crippen LogP contribution in [0.3, 0.4) is 0 Å². The smallest absolute Gasteiger partial charge is 0.341 e. The van der Waals surface area contributed by atoms with Gasteiger partial charge in [-0.3, -0.25) is 4.79 Å². The van der Waals surface area contributed by atoms with Crippen molar-refractivity contribution in [3.8, 4) is 6.07 Å². The number of carboxylic acid groups (broad SMARTS) is 1. The van der Waals surface area contributed by atoms with Gasteiger partial charge in [0, 0.05) is 18.0 Å². The van der Waals surface area contributed by atoms with Gasteiger partial charge in [0.05, 0.1) is 17.1 Å². The van der Waals surface area contributed by atoms with Gasteiger partial charge in [0.15, 0.2) is 0 Å². The Labute approximate surface area is 118 Å². The molecule has 21 heavy (non-hydrogen) atoms. The molecule has 6 heteroatoms. The summed E-state index contributed by atoms with van der Waals surface area (Å²) in [5.74, 6) is -1.36. The summed E-state index contributed by atoms with van der Waals surface area (Å²) in [5, 5.41) is 18.6. The Morgan fingerprint density at radius 3 is 2.71 bits per heavy atom. The Morgan fingerprint density at radius 1 is 1.52 bits per heavy atom. The monoisotopic (exact) mass is 286 g/mol. The van der Waals surface area contributed by atoms with Crippen LogP contribution in [0, 0.1) is 18.3 Å². The molecular formula is C15H11FN2O3. The van der Waals surface area contributed by atoms with E-state index in [-0.39, 0.29) is 17.4 Å². The van der Waals surface area contributed by atoms with E-state index in [0.717, 1.165) is 6.20 Å². The minimum Gasteiger partial charge on any atom is -0.477 e. The predicted octanol–water partition coefficient (Wildman–Crippen LogP) is 2.16. The fraction of sp³-hybridized carbons (Fsp3) is 0.267. The van der Waals surface area contributed by atoms with Crippen molar-refractivity contribution in [2.45, 2.75) is 25.6 Å². The third kappa shape index (κ3) is 1.89. The maximum atomic E-state index is 13.4. The van der Waals surface area contributed by atoms with Crippen molar-refractivity contribution >= 4 is 16.9 Å². The van der Waals surface area contributed by atoms with Crippen molar-refractivity contribution in [2.75, 3.05) is 0 Å². The summed E-state index contributed by atoms with van der Waals surface area (Å²) in [5.41, 5.74) is 0.200. The van der Waals surface area contributed by atoms with E-state index in [1.807, 2.05) is 6.07 Å². The fourth-order valence-electron chi connectivity index (χ4n) is 2.55. The van der Waals surface area contributed by atoms with Crippen LogP contribution in [0.4, 0.5) is 4.39 Å². The zero-order valence-corrected chi connectivity index (χ0v) is 11.1. The molecule has 1 aliphatic carbocycles. The molecule has 2 aromatic rings. The van der Waals surface area contributed by atoms with Crippen LogP contribution in [-0.2, 0) is 0 Å². The Bertz CT molecular complexity index is 879. The Balaban J connectivity index is 2.50. The number of benzene rings is 1. The zero-order chi connectivity index (χ0) is 15.3. The van der Waals surface area contributed by atoms with Gasteiger partial charge in [0.2, 0.25) is 5.43 Å². The van der Waals surface area contributed by atoms with Crippen LogP contribution in [-0.4, -0.2) is 21.8 Å². The van der Waals surface area contributed by atoms with Crippen LogP contribution < -0.4 is 5.43 Å². The maximum Gasteiger partial charge on any atom is 0.341 e. The lowest BCUT2D eigenvalue weighted by atomic mass is 10.0. The van der Waals surface area contributed by atoms with Crippen molar-refractivity contribution in [1.29, 1.82) is 5.26 Å². The molecule has 3 rings (SSSR count). The van der Waals surface area contributed by atoms with Gasteiger partial charge in [-0.05, 0) is 18.6 Å². The molecule has 0 saturated heterocycles. The summed E-state index contributed by atoms with van der Waals surface area (Å²) in [4.78, 5) is 23.4. The molecule has 0 spiro atoms. The molecule has 1 saturated carbocycles. The second-order valence-electron chi connectivity index (χ2n) is 5.17. The van der Waals surface area contributed by atoms with E-state index in [1.165, 1.54) is 10.6 Å². The summed E-state index contributed by atoms with van der Waals surface area (Å²) in [7, 11) is 0. The second-order valence-corrected chi connectivity index (χ2v) is 5.17. The van der Waals surface area contributed by atoms with E-state index >= 15 is 0 Å². The third-order valence-electron chi connectivity index (χ3n) is 3.78. The van der Waals surface area contributed by atoms with Gasteiger partial charge in [0.25, 0.3) is 0 Å². The lowest BCUT2D eigenvalue weighted by Gasteiger charge is -2.13. The predicted molar refractivity (Wildman–Crippen MR) is 73.2 cm³/mol. The number of alkyl halides is 1. The normalized spacial score (nSPS) is 20.2. The van der Waals surface area contributed by atoms with Gasteiger partial charge in [-0.1, -0.05) is 6.07 Å². The number of carboxylic acids is 1. The SMILES string of the molecule is Cc1ccc2c(=O)c(C(=O)O)cn([C@@H]3C[C@@H]3F)c2c1C#N. The van der Waals surface area contributed by atoms with Crippen molar-refractivity contribution in [3.63, 3.8) is 0 Å². The highest BCUT2D eigenvalue weighted by atomic mass is 19.1. The molecule has 0 bridgehead atoms. The molecule has 5 nitrogen and oxygen atoms in total. The summed E-state index contributed by atoms with van der Waals surface area (Å²) < 4.78 is 14.9. The van der Waals surface area contributed by atoms with E-state index in [2.05, 4.69) is 0 Å². The lowest BCUT2D eigenvalue weighted by Crippen LogP contribution is -2.19. The van der Waals surface area contributed by atoms with Crippen LogP contribution in [0.5, 0.6) is 0 Å². The molecule has 1 fully saturated rings. The van der Waals surface area contributed by atoms with Gasteiger partial charge in [-0.25, -0.2) is 9.18 Å². The highest BCUT2D eigenvalue weighted by Crippen LogP contribution is 2.41. The van der Waals surface area contributed by atoms with Gasteiger partial charge >= 0.3 is 5.97 Å². The van der Waals surface area contributed by atoms with Crippen LogP contribution in [0.2, 0.25) is 0 Å². The average molecular weight is 286 g/mol. The van der Waals surface area contributed by atoms with Crippen LogP contribution in [0.15, 0.2) is 23.1 Å². The number of hydrogen-bond donors (Lipinski definition) is 1. The molecule has 1 aliphatic rings. The van der Waals surface area contributed by atoms with Gasteiger partial charge < -0.3 is 9.67 Å². The number of fused-ring (bicyclic) bond motifs is 1. The molecule has 0 radical (unpaired) electrons. The van der Waals surface area contributed by atoms with Gasteiger partial charge in [-0.2, -0.15) is 5.26 Å². The Kier molecular flexibility index (Phi) is 2.80. The van der Waals surface area contributed by atoms with E-state index in [0.29, 0.717) is 11.1 Å². The minimum atomic E-state index is -1.36. The second kappa shape index (κ2) is 4.42. The van der Waals surface area contributed by atoms with Crippen molar-refractivity contribution in [2.24, 2.45) is 0 Å². The topological polar surface area (TPSA) is 83.1 Å². The number of aromatic nitrogens is 1. The summed E-state index contributed by atoms with van der Waals surface area (Å²) in [6.45, 7) is 1.72. The maximum absolute atomic E-state index is 13.4. The van der Waals surface area contributed by atoms with E-state index in [9.17, 15) is 19.2 Å². The highest BCUT2D eigenvalue weighted by Gasteiger charge is 2.40. The molecule has 2 atom stereocenters. The molecule has 0 amide bonds. The van der Waals surface area contributed by atoms with E-state index in [1.54, 1.807) is 13.0 Å². The molecule has 1 heterocycles. The average Bonchev–Trinajstić information content (AvgIpc) is 3.15. The first kappa shape index (κ1) is 13.3. The minimum absolute atomic E-state index is 0.135. The molecule has 0 unspecified atom stereocenters. The van der Waals surface area contributed by atoms with Gasteiger partial charge in [0.1, 0.15) is 17.8 Å². The first-order valence-corrected chi connectivity index (χ1v) is 6.41. The van der Waals surface area contributed by atoms with Crippen molar-refractivity contribution in [1.82, 2.24) is 4.57 Å². The number of pyridine rings is 1. The number of aromatic carboxylic acids is 1. The summed E-state index contributed by atoms with van der Waals surface area (Å²) in [6.07, 6.45) is 0.331. The standard InChI is InChI=1S/C15H11FN2O3/c1-7-2-3-8-13(9(7)5-17)18(12-4-11(12)16)6-10(14(8)19)15(20)21/h2-3,6,11-12H,4H2,1H3,(H,20,21)/t11-,12+/m0/s1. The molecule has 1 N–H and O–H groups in total. The van der Waals surface area contributed by atoms with E-state index < -0.39 is 29.2 Å². The number of nitrogens with zero attached hydrogens (tertiary/aromatic N) is 2. The fourth-order valence-corrected chi connectivity index (χ4v) is 2.55. The third-order valence-corrected chi connectivity index (χ3v) is 3.78. The van der Waals surface area contributed by atoms with E-state index in [4.69, 9.17) is 5.11 Å². The first-order valence-electron chi connectivity index (χ1n) is 6.41. The molecule has 1 aromatic heterocycles. The number of aryl methyl sites for hydroxylation is 1. The Morgan fingerprint density at radius 2 is 2.19 bits per heavy atom. The highest BCUT2D eigenvalue weighted by molar-refractivity contribution is 5.94. The number of nitriles is 1. The van der Waals surface area contributed by atoms with Gasteiger partial charge in [-0.15, -0.1) is 0 Å². The first-order chi connectivity index (χ1) is 9.95. The summed E-state index contributed by atoms with van der Waals surface area (Å²) >= 11 is 0. The number of rotatable bonds is 2. The summed E-state index contributed by atoms with van der Waals surface area (Å²) in [6, 6.07) is 4.60. The quantitative estimate of drug-likeness (QED) is 0.917. The molecule has 106 valence electrons. The van der Waals surface area contributed by atoms with Crippen molar-refractivity contribution < 1.29 is 14.3 Å². The van der Waals surface area contributed by atoms with Crippen LogP contribution in [0.25, 0.3) is 10.9 Å². The number of hydrogen-bond acceptors (Lipinski definition) is 3. The van der Waals surface area contributed by atoms with Crippen LogP contribution in [0.1, 0.15) is 33.9 Å². The lowest BCUT2D eigenvalue weighted by molar-refractivity contribution is 0.0694. The Hall–Kier alpha value is -2.68. The molecule has 1 aromatic carbocycles. The van der Waals surface area contributed by atoms with Crippen molar-refractivity contribution in [3.05, 3.63) is 45.2 Å². The van der Waals surface area contributed by atoms with Crippen LogP contribution >= 0.6 is 0 Å². The molecule has 0 aliphatic heterocycles. The largest absolute Gasteiger partial charge is 0.477 e. The number of carbonyl (C=O) groups is 1.